The highest BCUT2D eigenvalue weighted by molar-refractivity contribution is 7.14. The number of nitrogens with zero attached hydrogens (tertiary/aromatic N) is 2. The van der Waals surface area contributed by atoms with Gasteiger partial charge in [-0.3, -0.25) is 9.69 Å². The van der Waals surface area contributed by atoms with Crippen LogP contribution < -0.4 is 10.2 Å². The summed E-state index contributed by atoms with van der Waals surface area (Å²) in [4.78, 5) is 18.7. The van der Waals surface area contributed by atoms with Crippen LogP contribution in [0.2, 0.25) is 0 Å². The minimum Gasteiger partial charge on any atom is -0.331 e. The number of aromatic nitrogens is 1. The molecule has 1 amide bonds. The van der Waals surface area contributed by atoms with Crippen molar-refractivity contribution in [3.63, 3.8) is 0 Å². The zero-order chi connectivity index (χ0) is 20.8. The van der Waals surface area contributed by atoms with E-state index in [0.29, 0.717) is 5.13 Å². The van der Waals surface area contributed by atoms with Crippen molar-refractivity contribution in [3.8, 4) is 0 Å². The third kappa shape index (κ3) is 4.64. The van der Waals surface area contributed by atoms with Crippen LogP contribution in [-0.2, 0) is 11.3 Å². The van der Waals surface area contributed by atoms with Gasteiger partial charge in [0.05, 0.1) is 5.69 Å². The van der Waals surface area contributed by atoms with Crippen molar-refractivity contribution >= 4 is 28.1 Å². The molecule has 30 heavy (non-hydrogen) atoms. The van der Waals surface area contributed by atoms with Gasteiger partial charge in [0.25, 0.3) is 0 Å². The molecule has 0 unspecified atom stereocenters. The molecule has 0 radical (unpaired) electrons. The van der Waals surface area contributed by atoms with Crippen molar-refractivity contribution in [3.05, 3.63) is 113 Å². The predicted molar refractivity (Wildman–Crippen MR) is 122 cm³/mol. The molecule has 1 heterocycles. The molecule has 0 saturated heterocycles. The van der Waals surface area contributed by atoms with Crippen molar-refractivity contribution in [1.82, 2.24) is 4.98 Å². The Hall–Kier alpha value is -3.28. The minimum absolute atomic E-state index is 0.0440. The molecule has 0 aliphatic carbocycles. The minimum atomic E-state index is -0.0440. The molecule has 5 heteroatoms. The van der Waals surface area contributed by atoms with Gasteiger partial charge in [-0.25, -0.2) is 4.98 Å². The summed E-state index contributed by atoms with van der Waals surface area (Å²) < 4.78 is 0. The van der Waals surface area contributed by atoms with E-state index in [4.69, 9.17) is 4.98 Å². The molecule has 0 spiro atoms. The summed E-state index contributed by atoms with van der Waals surface area (Å²) in [6.45, 7) is 2.30. The second-order valence-corrected chi connectivity index (χ2v) is 7.89. The van der Waals surface area contributed by atoms with Gasteiger partial charge in [-0.1, -0.05) is 78.9 Å². The number of carbonyl (C=O) groups excluding carboxylic acids is 1. The van der Waals surface area contributed by atoms with E-state index in [2.05, 4.69) is 53.8 Å². The van der Waals surface area contributed by atoms with Crippen LogP contribution in [0.4, 0.5) is 10.8 Å². The van der Waals surface area contributed by atoms with E-state index in [1.165, 1.54) is 22.5 Å². The lowest BCUT2D eigenvalue weighted by Gasteiger charge is -2.18. The number of quaternary nitrogens is 1. The summed E-state index contributed by atoms with van der Waals surface area (Å²) in [5, 5.41) is 5.04. The van der Waals surface area contributed by atoms with E-state index in [-0.39, 0.29) is 11.9 Å². The van der Waals surface area contributed by atoms with Crippen molar-refractivity contribution in [2.45, 2.75) is 19.5 Å². The Balaban J connectivity index is 1.54. The number of amides is 1. The number of para-hydroxylation sites is 1. The quantitative estimate of drug-likeness (QED) is 0.477. The molecular formula is C25H24N3OS+. The van der Waals surface area contributed by atoms with E-state index in [0.717, 1.165) is 17.9 Å². The number of hydrogen-bond donors (Lipinski definition) is 1. The first kappa shape index (κ1) is 20.0. The summed E-state index contributed by atoms with van der Waals surface area (Å²) in [6, 6.07) is 30.9. The summed E-state index contributed by atoms with van der Waals surface area (Å²) in [6.07, 6.45) is 0. The summed E-state index contributed by atoms with van der Waals surface area (Å²) in [5.41, 5.74) is 4.32. The van der Waals surface area contributed by atoms with Gasteiger partial charge in [-0.05, 0) is 12.1 Å². The Bertz CT molecular complexity index is 1040. The molecule has 150 valence electrons. The SMILES string of the molecule is CC(=O)N(c1ccccc1)c1nc(C[NH2+]C(c2ccccc2)c2ccccc2)cs1. The molecule has 0 saturated carbocycles. The first-order chi connectivity index (χ1) is 14.7. The number of carbonyl (C=O) groups is 1. The summed E-state index contributed by atoms with van der Waals surface area (Å²) in [7, 11) is 0. The maximum Gasteiger partial charge on any atom is 0.230 e. The fraction of sp³-hybridized carbons (Fsp3) is 0.120. The molecule has 4 rings (SSSR count). The first-order valence-corrected chi connectivity index (χ1v) is 10.8. The molecule has 0 atom stereocenters. The van der Waals surface area contributed by atoms with Gasteiger partial charge in [-0.2, -0.15) is 0 Å². The van der Waals surface area contributed by atoms with Crippen molar-refractivity contribution in [2.75, 3.05) is 4.90 Å². The Morgan fingerprint density at radius 1 is 0.900 bits per heavy atom. The van der Waals surface area contributed by atoms with Crippen LogP contribution in [0.5, 0.6) is 0 Å². The van der Waals surface area contributed by atoms with E-state index in [9.17, 15) is 4.79 Å². The zero-order valence-electron chi connectivity index (χ0n) is 16.8. The lowest BCUT2D eigenvalue weighted by atomic mass is 9.99. The van der Waals surface area contributed by atoms with Crippen LogP contribution in [0.25, 0.3) is 0 Å². The van der Waals surface area contributed by atoms with Crippen LogP contribution >= 0.6 is 11.3 Å². The molecular weight excluding hydrogens is 390 g/mol. The van der Waals surface area contributed by atoms with E-state index >= 15 is 0 Å². The van der Waals surface area contributed by atoms with Crippen molar-refractivity contribution in [2.24, 2.45) is 0 Å². The van der Waals surface area contributed by atoms with E-state index in [1.807, 2.05) is 47.8 Å². The number of hydrogen-bond acceptors (Lipinski definition) is 3. The maximum atomic E-state index is 12.3. The van der Waals surface area contributed by atoms with Crippen molar-refractivity contribution in [1.29, 1.82) is 0 Å². The largest absolute Gasteiger partial charge is 0.331 e. The third-order valence-electron chi connectivity index (χ3n) is 4.94. The fourth-order valence-electron chi connectivity index (χ4n) is 3.52. The highest BCUT2D eigenvalue weighted by Gasteiger charge is 2.20. The second-order valence-electron chi connectivity index (χ2n) is 7.05. The highest BCUT2D eigenvalue weighted by Crippen LogP contribution is 2.28. The number of nitrogens with two attached hydrogens (primary N) is 1. The smallest absolute Gasteiger partial charge is 0.230 e. The lowest BCUT2D eigenvalue weighted by Crippen LogP contribution is -2.84. The number of anilines is 2. The fourth-order valence-corrected chi connectivity index (χ4v) is 4.42. The second kappa shape index (κ2) is 9.48. The average Bonchev–Trinajstić information content (AvgIpc) is 3.24. The van der Waals surface area contributed by atoms with Gasteiger partial charge >= 0.3 is 0 Å². The first-order valence-electron chi connectivity index (χ1n) is 9.96. The highest BCUT2D eigenvalue weighted by atomic mass is 32.1. The molecule has 2 N–H and O–H groups in total. The van der Waals surface area contributed by atoms with Gasteiger partial charge in [0.1, 0.15) is 18.3 Å². The maximum absolute atomic E-state index is 12.3. The lowest BCUT2D eigenvalue weighted by molar-refractivity contribution is -0.702. The Morgan fingerprint density at radius 3 is 1.97 bits per heavy atom. The predicted octanol–water partition coefficient (Wildman–Crippen LogP) is 4.68. The normalized spacial score (nSPS) is 10.9. The van der Waals surface area contributed by atoms with Gasteiger partial charge in [-0.15, -0.1) is 11.3 Å². The van der Waals surface area contributed by atoms with E-state index < -0.39 is 0 Å². The van der Waals surface area contributed by atoms with Crippen LogP contribution in [-0.4, -0.2) is 10.9 Å². The molecule has 0 fully saturated rings. The van der Waals surface area contributed by atoms with Crippen LogP contribution in [0.1, 0.15) is 29.8 Å². The number of thiazole rings is 1. The summed E-state index contributed by atoms with van der Waals surface area (Å²) in [5.74, 6) is -0.0440. The molecule has 0 aliphatic rings. The Morgan fingerprint density at radius 2 is 1.43 bits per heavy atom. The van der Waals surface area contributed by atoms with Crippen LogP contribution in [0.15, 0.2) is 96.4 Å². The number of rotatable bonds is 7. The van der Waals surface area contributed by atoms with Crippen LogP contribution in [0, 0.1) is 0 Å². The monoisotopic (exact) mass is 414 g/mol. The van der Waals surface area contributed by atoms with Crippen molar-refractivity contribution < 1.29 is 10.1 Å². The third-order valence-corrected chi connectivity index (χ3v) is 5.81. The van der Waals surface area contributed by atoms with Gasteiger partial charge in [0, 0.05) is 23.4 Å². The van der Waals surface area contributed by atoms with Crippen LogP contribution in [0.3, 0.4) is 0 Å². The van der Waals surface area contributed by atoms with Gasteiger partial charge in [0.2, 0.25) is 5.91 Å². The Labute approximate surface area is 180 Å². The summed E-state index contributed by atoms with van der Waals surface area (Å²) >= 11 is 1.50. The molecule has 0 bridgehead atoms. The standard InChI is InChI=1S/C25H23N3OS/c1-19(29)28(23-15-9-4-10-16-23)25-27-22(18-30-25)17-26-24(20-11-5-2-6-12-20)21-13-7-3-8-14-21/h2-16,18,24,26H,17H2,1H3/p+1. The molecule has 3 aromatic carbocycles. The molecule has 1 aromatic heterocycles. The zero-order valence-corrected chi connectivity index (χ0v) is 17.6. The topological polar surface area (TPSA) is 49.8 Å². The number of benzene rings is 3. The molecule has 4 nitrogen and oxygen atoms in total. The van der Waals surface area contributed by atoms with Gasteiger partial charge in [0.15, 0.2) is 5.13 Å². The molecule has 4 aromatic rings. The van der Waals surface area contributed by atoms with E-state index in [1.54, 1.807) is 11.8 Å². The Kier molecular flexibility index (Phi) is 6.32. The van der Waals surface area contributed by atoms with Gasteiger partial charge < -0.3 is 5.32 Å². The average molecular weight is 415 g/mol. The molecule has 0 aliphatic heterocycles.